The normalized spacial score (nSPS) is 10.3. The number of nitrogens with zero attached hydrogens (tertiary/aromatic N) is 5. The van der Waals surface area contributed by atoms with Gasteiger partial charge in [-0.1, -0.05) is 0 Å². The zero-order valence-corrected chi connectivity index (χ0v) is 10.5. The minimum Gasteiger partial charge on any atom is -0.308 e. The van der Waals surface area contributed by atoms with Crippen LogP contribution in [0, 0.1) is 5.53 Å². The molecule has 0 aliphatic heterocycles. The summed E-state index contributed by atoms with van der Waals surface area (Å²) in [6.07, 6.45) is 0. The maximum absolute atomic E-state index is 6.86. The van der Waals surface area contributed by atoms with E-state index >= 15 is 0 Å². The first-order valence-electron chi connectivity index (χ1n) is 3.88. The van der Waals surface area contributed by atoms with Crippen LogP contribution in [0.15, 0.2) is 0 Å². The van der Waals surface area contributed by atoms with Crippen LogP contribution in [0.25, 0.3) is 10.4 Å². The molecule has 6 nitrogen and oxygen atoms in total. The Balaban J connectivity index is 0. The van der Waals surface area contributed by atoms with Gasteiger partial charge in [-0.05, 0) is 52.7 Å². The summed E-state index contributed by atoms with van der Waals surface area (Å²) in [4.78, 5) is 1.75. The fourth-order valence-electron chi connectivity index (χ4n) is 1.39. The number of nitrogens with one attached hydrogen (secondary N) is 1. The van der Waals surface area contributed by atoms with E-state index in [1.807, 2.05) is 0 Å². The second-order valence-electron chi connectivity index (χ2n) is 3.34. The summed E-state index contributed by atoms with van der Waals surface area (Å²) in [6.45, 7) is 0. The Bertz CT molecular complexity index is 132. The Morgan fingerprint density at radius 2 is 1.08 bits per heavy atom. The van der Waals surface area contributed by atoms with E-state index in [0.29, 0.717) is 0 Å². The topological polar surface area (TPSA) is 70.0 Å². The Morgan fingerprint density at radius 1 is 0.923 bits per heavy atom. The molecule has 0 aromatic heterocycles. The van der Waals surface area contributed by atoms with Crippen LogP contribution >= 0.6 is 0 Å². The van der Waals surface area contributed by atoms with Gasteiger partial charge in [0, 0.05) is 0 Å². The van der Waals surface area contributed by atoms with Crippen LogP contribution in [-0.4, -0.2) is 65.3 Å². The molecule has 0 aromatic carbocycles. The fourth-order valence-corrected chi connectivity index (χ4v) is 4.16. The molecule has 0 heterocycles. The SMILES string of the molecule is CN(C)[SiH](N(C)C)N(C)C.[N-]=[N+]=N. The average molecular weight is 204 g/mol. The van der Waals surface area contributed by atoms with Crippen molar-refractivity contribution in [3.8, 4) is 0 Å². The lowest BCUT2D eigenvalue weighted by Gasteiger charge is -2.33. The zero-order chi connectivity index (χ0) is 11.0. The van der Waals surface area contributed by atoms with Gasteiger partial charge in [-0.15, -0.1) is 5.53 Å². The van der Waals surface area contributed by atoms with Crippen LogP contribution in [0.3, 0.4) is 0 Å². The molecule has 0 radical (unpaired) electrons. The van der Waals surface area contributed by atoms with Crippen LogP contribution in [0.1, 0.15) is 0 Å². The van der Waals surface area contributed by atoms with Crippen LogP contribution in [0.2, 0.25) is 0 Å². The molecular formula is C6H20N6Si. The summed E-state index contributed by atoms with van der Waals surface area (Å²) < 4.78 is 6.92. The van der Waals surface area contributed by atoms with Crippen molar-refractivity contribution < 1.29 is 0 Å². The first kappa shape index (κ1) is 14.9. The molecule has 0 saturated heterocycles. The second-order valence-corrected chi connectivity index (χ2v) is 7.13. The highest BCUT2D eigenvalue weighted by molar-refractivity contribution is 6.49. The summed E-state index contributed by atoms with van der Waals surface area (Å²) in [5.41, 5.74) is 12.2. The largest absolute Gasteiger partial charge is 0.308 e. The third-order valence-electron chi connectivity index (χ3n) is 1.39. The van der Waals surface area contributed by atoms with E-state index in [2.05, 4.69) is 56.0 Å². The van der Waals surface area contributed by atoms with Gasteiger partial charge in [0.15, 0.2) is 0 Å². The van der Waals surface area contributed by atoms with Crippen LogP contribution in [-0.2, 0) is 0 Å². The summed E-state index contributed by atoms with van der Waals surface area (Å²) in [7, 11) is 11.9. The van der Waals surface area contributed by atoms with Gasteiger partial charge in [0.1, 0.15) is 0 Å². The predicted octanol–water partition coefficient (Wildman–Crippen LogP) is 0.264. The van der Waals surface area contributed by atoms with Crippen molar-refractivity contribution >= 4 is 9.28 Å². The van der Waals surface area contributed by atoms with E-state index in [9.17, 15) is 0 Å². The van der Waals surface area contributed by atoms with Crippen molar-refractivity contribution in [2.24, 2.45) is 0 Å². The summed E-state index contributed by atoms with van der Waals surface area (Å²) in [6, 6.07) is 0. The maximum Gasteiger partial charge on any atom is 0.271 e. The van der Waals surface area contributed by atoms with Gasteiger partial charge in [-0.2, -0.15) is 0 Å². The molecule has 0 aromatic rings. The van der Waals surface area contributed by atoms with Gasteiger partial charge >= 0.3 is 0 Å². The third kappa shape index (κ3) is 7.76. The number of hydrogen-bond donors (Lipinski definition) is 1. The lowest BCUT2D eigenvalue weighted by Crippen LogP contribution is -2.55. The minimum absolute atomic E-state index is 0.954. The van der Waals surface area contributed by atoms with Crippen molar-refractivity contribution in [2.75, 3.05) is 42.3 Å². The molecule has 0 rings (SSSR count). The lowest BCUT2D eigenvalue weighted by atomic mass is 11.2. The molecular weight excluding hydrogens is 184 g/mol. The van der Waals surface area contributed by atoms with Crippen molar-refractivity contribution in [1.29, 1.82) is 5.53 Å². The molecule has 78 valence electrons. The minimum atomic E-state index is -0.954. The molecule has 0 unspecified atom stereocenters. The third-order valence-corrected chi connectivity index (χ3v) is 4.16. The van der Waals surface area contributed by atoms with Gasteiger partial charge in [-0.3, -0.25) is 0 Å². The molecule has 0 amide bonds. The van der Waals surface area contributed by atoms with Crippen molar-refractivity contribution in [2.45, 2.75) is 0 Å². The molecule has 0 aliphatic carbocycles. The van der Waals surface area contributed by atoms with E-state index in [1.54, 1.807) is 4.91 Å². The Labute approximate surface area is 82.0 Å². The van der Waals surface area contributed by atoms with Gasteiger partial charge in [0.05, 0.1) is 0 Å². The smallest absolute Gasteiger partial charge is 0.271 e. The average Bonchev–Trinajstić information content (AvgIpc) is 1.84. The lowest BCUT2D eigenvalue weighted by molar-refractivity contribution is 0.420. The van der Waals surface area contributed by atoms with E-state index in [1.165, 1.54) is 0 Å². The summed E-state index contributed by atoms with van der Waals surface area (Å²) in [5, 5.41) is 0. The monoisotopic (exact) mass is 204 g/mol. The molecule has 1 N–H and O–H groups in total. The Morgan fingerprint density at radius 3 is 1.08 bits per heavy atom. The Kier molecular flexibility index (Phi) is 9.20. The summed E-state index contributed by atoms with van der Waals surface area (Å²) in [5.74, 6) is 0. The maximum atomic E-state index is 6.86. The first-order chi connectivity index (χ1) is 5.88. The fraction of sp³-hybridized carbons (Fsp3) is 1.00. The first-order valence-corrected chi connectivity index (χ1v) is 5.43. The van der Waals surface area contributed by atoms with Gasteiger partial charge in [-0.25, -0.2) is 0 Å². The van der Waals surface area contributed by atoms with Gasteiger partial charge in [0.25, 0.3) is 9.28 Å². The highest BCUT2D eigenvalue weighted by Gasteiger charge is 2.18. The molecule has 0 fully saturated rings. The van der Waals surface area contributed by atoms with Crippen molar-refractivity contribution in [3.05, 3.63) is 10.4 Å². The number of hydrogen-bond acceptors (Lipinski definition) is 4. The summed E-state index contributed by atoms with van der Waals surface area (Å²) >= 11 is 0. The molecule has 0 saturated carbocycles. The second kappa shape index (κ2) is 8.03. The molecule has 0 bridgehead atoms. The quantitative estimate of drug-likeness (QED) is 0.310. The van der Waals surface area contributed by atoms with Crippen molar-refractivity contribution in [3.63, 3.8) is 0 Å². The van der Waals surface area contributed by atoms with E-state index in [4.69, 9.17) is 11.1 Å². The van der Waals surface area contributed by atoms with E-state index < -0.39 is 9.28 Å². The van der Waals surface area contributed by atoms with E-state index in [-0.39, 0.29) is 0 Å². The predicted molar refractivity (Wildman–Crippen MR) is 57.6 cm³/mol. The van der Waals surface area contributed by atoms with Gasteiger partial charge in [0.2, 0.25) is 0 Å². The number of rotatable bonds is 3. The molecule has 0 atom stereocenters. The Hall–Kier alpha value is -0.593. The van der Waals surface area contributed by atoms with E-state index in [0.717, 1.165) is 0 Å². The highest BCUT2D eigenvalue weighted by Crippen LogP contribution is 1.93. The van der Waals surface area contributed by atoms with Crippen LogP contribution in [0.5, 0.6) is 0 Å². The van der Waals surface area contributed by atoms with Gasteiger partial charge < -0.3 is 13.7 Å². The van der Waals surface area contributed by atoms with Crippen LogP contribution < -0.4 is 0 Å². The van der Waals surface area contributed by atoms with Crippen molar-refractivity contribution in [1.82, 2.24) is 13.7 Å². The van der Waals surface area contributed by atoms with Crippen LogP contribution in [0.4, 0.5) is 0 Å². The molecule has 0 spiro atoms. The zero-order valence-electron chi connectivity index (χ0n) is 9.31. The molecule has 13 heavy (non-hydrogen) atoms. The molecule has 7 heteroatoms. The highest BCUT2D eigenvalue weighted by atomic mass is 28.3. The molecule has 0 aliphatic rings. The standard InChI is InChI=1S/C6H19N3Si.HN3/c1-7(2)10(8(3)4)9(5)6;1-3-2/h10H,1-6H3;1H.